The minimum atomic E-state index is -4.58. The molecule has 4 N–H and O–H groups in total. The Bertz CT molecular complexity index is 1390. The highest BCUT2D eigenvalue weighted by atomic mass is 32.1. The van der Waals surface area contributed by atoms with Crippen LogP contribution in [0.1, 0.15) is 36.4 Å². The number of halogens is 3. The Morgan fingerprint density at radius 1 is 1.20 bits per heavy atom. The average molecular weight is 504 g/mol. The van der Waals surface area contributed by atoms with Gasteiger partial charge < -0.3 is 15.5 Å². The normalized spacial score (nSPS) is 20.7. The maximum absolute atomic E-state index is 13.0. The number of carbonyl (C=O) groups is 1. The molecule has 0 aliphatic heterocycles. The Balaban J connectivity index is 1.40. The van der Waals surface area contributed by atoms with Crippen LogP contribution in [0.15, 0.2) is 36.7 Å². The Hall–Kier alpha value is -3.58. The van der Waals surface area contributed by atoms with Gasteiger partial charge in [-0.15, -0.1) is 11.3 Å². The number of nitrogens with one attached hydrogen (secondary N) is 2. The molecule has 0 saturated heterocycles. The first-order valence-electron chi connectivity index (χ1n) is 10.7. The Labute approximate surface area is 200 Å². The second kappa shape index (κ2) is 8.57. The molecule has 0 unspecified atom stereocenters. The van der Waals surface area contributed by atoms with E-state index < -0.39 is 29.4 Å². The molecule has 3 aromatic heterocycles. The highest BCUT2D eigenvalue weighted by molar-refractivity contribution is 7.15. The fraction of sp³-hybridized carbons (Fsp3) is 0.318. The molecule has 13 heteroatoms. The summed E-state index contributed by atoms with van der Waals surface area (Å²) in [7, 11) is 0. The van der Waals surface area contributed by atoms with Gasteiger partial charge in [-0.25, -0.2) is 15.0 Å². The molecule has 9 nitrogen and oxygen atoms in total. The van der Waals surface area contributed by atoms with E-state index in [0.717, 1.165) is 12.3 Å². The first-order valence-corrected chi connectivity index (χ1v) is 11.5. The number of hydrogen-bond acceptors (Lipinski definition) is 8. The summed E-state index contributed by atoms with van der Waals surface area (Å²) in [5, 5.41) is 31.5. The molecule has 1 aliphatic rings. The molecule has 0 amide bonds. The van der Waals surface area contributed by atoms with Crippen LogP contribution in [0.4, 0.5) is 24.8 Å². The number of anilines is 2. The number of rotatable bonds is 5. The third kappa shape index (κ3) is 4.56. The van der Waals surface area contributed by atoms with Crippen LogP contribution in [0.3, 0.4) is 0 Å². The summed E-state index contributed by atoms with van der Waals surface area (Å²) in [4.78, 5) is 23.7. The van der Waals surface area contributed by atoms with Gasteiger partial charge in [0.25, 0.3) is 0 Å². The van der Waals surface area contributed by atoms with Crippen LogP contribution in [0.25, 0.3) is 21.5 Å². The maximum atomic E-state index is 13.0. The lowest BCUT2D eigenvalue weighted by Gasteiger charge is -2.32. The number of hydrogen-bond donors (Lipinski definition) is 4. The molecule has 3 heterocycles. The third-order valence-electron chi connectivity index (χ3n) is 6.06. The summed E-state index contributed by atoms with van der Waals surface area (Å²) in [5.41, 5.74) is -0.497. The second-order valence-electron chi connectivity index (χ2n) is 8.39. The van der Waals surface area contributed by atoms with Crippen LogP contribution in [0.5, 0.6) is 0 Å². The summed E-state index contributed by atoms with van der Waals surface area (Å²) in [5.74, 6) is -1.50. The summed E-state index contributed by atoms with van der Waals surface area (Å²) >= 11 is 1.27. The number of benzene rings is 1. The van der Waals surface area contributed by atoms with Gasteiger partial charge >= 0.3 is 12.1 Å². The van der Waals surface area contributed by atoms with Crippen molar-refractivity contribution in [2.75, 3.05) is 5.32 Å². The highest BCUT2D eigenvalue weighted by Gasteiger charge is 2.39. The van der Waals surface area contributed by atoms with E-state index in [2.05, 4.69) is 30.5 Å². The molecule has 4 aromatic rings. The predicted molar refractivity (Wildman–Crippen MR) is 121 cm³/mol. The van der Waals surface area contributed by atoms with Gasteiger partial charge in [0.1, 0.15) is 22.0 Å². The largest absolute Gasteiger partial charge is 0.481 e. The SMILES string of the molecule is O=C(O)C1CCC(O)(c2ncc(-c3n[nH]c4ccc(Nc5nccc(C(F)(F)F)n5)cc34)s2)CC1. The number of aromatic amines is 1. The van der Waals surface area contributed by atoms with Gasteiger partial charge in [0.05, 0.1) is 16.3 Å². The quantitative estimate of drug-likeness (QED) is 0.307. The summed E-state index contributed by atoms with van der Waals surface area (Å²) < 4.78 is 38.9. The number of aliphatic carboxylic acids is 1. The van der Waals surface area contributed by atoms with E-state index >= 15 is 0 Å². The van der Waals surface area contributed by atoms with E-state index in [1.54, 1.807) is 24.4 Å². The van der Waals surface area contributed by atoms with Crippen LogP contribution in [-0.2, 0) is 16.6 Å². The fourth-order valence-corrected chi connectivity index (χ4v) is 5.21. The highest BCUT2D eigenvalue weighted by Crippen LogP contribution is 2.43. The number of alkyl halides is 3. The molecule has 1 saturated carbocycles. The van der Waals surface area contributed by atoms with Gasteiger partial charge in [0.15, 0.2) is 0 Å². The smallest absolute Gasteiger partial charge is 0.433 e. The molecule has 182 valence electrons. The molecule has 35 heavy (non-hydrogen) atoms. The van der Waals surface area contributed by atoms with Gasteiger partial charge in [-0.05, 0) is 49.9 Å². The summed E-state index contributed by atoms with van der Waals surface area (Å²) in [6.45, 7) is 0. The van der Waals surface area contributed by atoms with Gasteiger partial charge in [-0.2, -0.15) is 18.3 Å². The van der Waals surface area contributed by atoms with E-state index in [1.807, 2.05) is 0 Å². The van der Waals surface area contributed by atoms with Crippen molar-refractivity contribution in [2.45, 2.75) is 37.5 Å². The van der Waals surface area contributed by atoms with E-state index in [1.165, 1.54) is 11.3 Å². The van der Waals surface area contributed by atoms with Crippen LogP contribution in [-0.4, -0.2) is 41.3 Å². The second-order valence-corrected chi connectivity index (χ2v) is 9.43. The first kappa shape index (κ1) is 23.2. The minimum Gasteiger partial charge on any atom is -0.481 e. The monoisotopic (exact) mass is 504 g/mol. The van der Waals surface area contributed by atoms with Gasteiger partial charge in [0.2, 0.25) is 5.95 Å². The van der Waals surface area contributed by atoms with Crippen LogP contribution >= 0.6 is 11.3 Å². The lowest BCUT2D eigenvalue weighted by atomic mass is 9.79. The molecule has 5 rings (SSSR count). The number of aromatic nitrogens is 5. The van der Waals surface area contributed by atoms with Crippen molar-refractivity contribution < 1.29 is 28.2 Å². The van der Waals surface area contributed by atoms with Crippen molar-refractivity contribution >= 4 is 39.8 Å². The summed E-state index contributed by atoms with van der Waals surface area (Å²) in [6.07, 6.45) is -0.577. The Morgan fingerprint density at radius 3 is 2.69 bits per heavy atom. The zero-order chi connectivity index (χ0) is 24.8. The van der Waals surface area contributed by atoms with E-state index in [0.29, 0.717) is 57.9 Å². The molecular formula is C22H19F3N6O3S. The minimum absolute atomic E-state index is 0.191. The third-order valence-corrected chi connectivity index (χ3v) is 7.26. The molecule has 0 spiro atoms. The van der Waals surface area contributed by atoms with Crippen LogP contribution in [0.2, 0.25) is 0 Å². The summed E-state index contributed by atoms with van der Waals surface area (Å²) in [6, 6.07) is 5.90. The zero-order valence-electron chi connectivity index (χ0n) is 18.0. The number of carboxylic acid groups (broad SMARTS) is 1. The van der Waals surface area contributed by atoms with Crippen LogP contribution in [0, 0.1) is 5.92 Å². The average Bonchev–Trinajstić information content (AvgIpc) is 3.46. The first-order chi connectivity index (χ1) is 16.6. The van der Waals surface area contributed by atoms with E-state index in [4.69, 9.17) is 0 Å². The van der Waals surface area contributed by atoms with E-state index in [-0.39, 0.29) is 5.95 Å². The van der Waals surface area contributed by atoms with Crippen molar-refractivity contribution in [2.24, 2.45) is 5.92 Å². The zero-order valence-corrected chi connectivity index (χ0v) is 18.8. The molecule has 0 bridgehead atoms. The molecular weight excluding hydrogens is 485 g/mol. The van der Waals surface area contributed by atoms with Gasteiger partial charge in [-0.3, -0.25) is 9.89 Å². The lowest BCUT2D eigenvalue weighted by molar-refractivity contribution is -0.145. The standard InChI is InChI=1S/C22H19F3N6O3S/c23-22(24,25)16-5-8-26-20(29-16)28-12-1-2-14-13(9-12)17(31-30-14)15-10-27-19(35-15)21(34)6-3-11(4-7-21)18(32)33/h1-2,5,8-11,34H,3-4,6-7H2,(H,30,31)(H,32,33)(H,26,28,29). The molecule has 1 aromatic carbocycles. The maximum Gasteiger partial charge on any atom is 0.433 e. The number of nitrogens with zero attached hydrogens (tertiary/aromatic N) is 4. The lowest BCUT2D eigenvalue weighted by Crippen LogP contribution is -2.33. The number of thiazole rings is 1. The number of H-pyrrole nitrogens is 1. The molecule has 1 fully saturated rings. The number of fused-ring (bicyclic) bond motifs is 1. The number of aliphatic hydroxyl groups is 1. The fourth-order valence-electron chi connectivity index (χ4n) is 4.14. The van der Waals surface area contributed by atoms with Crippen molar-refractivity contribution in [1.82, 2.24) is 25.1 Å². The van der Waals surface area contributed by atoms with E-state index in [9.17, 15) is 28.2 Å². The van der Waals surface area contributed by atoms with Crippen molar-refractivity contribution in [3.8, 4) is 10.6 Å². The Morgan fingerprint density at radius 2 is 1.97 bits per heavy atom. The molecule has 0 radical (unpaired) electrons. The van der Waals surface area contributed by atoms with Crippen molar-refractivity contribution in [1.29, 1.82) is 0 Å². The number of carboxylic acids is 1. The van der Waals surface area contributed by atoms with Gasteiger partial charge in [-0.1, -0.05) is 0 Å². The predicted octanol–water partition coefficient (Wildman–Crippen LogP) is 4.70. The molecule has 1 aliphatic carbocycles. The van der Waals surface area contributed by atoms with Gasteiger partial charge in [0, 0.05) is 23.5 Å². The van der Waals surface area contributed by atoms with Crippen LogP contribution < -0.4 is 5.32 Å². The van der Waals surface area contributed by atoms with Crippen molar-refractivity contribution in [3.05, 3.63) is 47.4 Å². The Kier molecular flexibility index (Phi) is 5.68. The molecule has 0 atom stereocenters. The van der Waals surface area contributed by atoms with Crippen molar-refractivity contribution in [3.63, 3.8) is 0 Å². The topological polar surface area (TPSA) is 137 Å².